The van der Waals surface area contributed by atoms with E-state index in [4.69, 9.17) is 0 Å². The fourth-order valence-corrected chi connectivity index (χ4v) is 2.46. The van der Waals surface area contributed by atoms with Crippen LogP contribution in [0.25, 0.3) is 6.08 Å². The van der Waals surface area contributed by atoms with Crippen LogP contribution in [-0.2, 0) is 4.79 Å². The molecule has 24 heavy (non-hydrogen) atoms. The van der Waals surface area contributed by atoms with Crippen molar-refractivity contribution in [3.8, 4) is 0 Å². The minimum atomic E-state index is -0.342. The molecule has 5 heteroatoms. The lowest BCUT2D eigenvalue weighted by molar-refractivity contribution is -0.116. The number of amides is 1. The van der Waals surface area contributed by atoms with Gasteiger partial charge in [-0.1, -0.05) is 44.2 Å². The number of nitrogens with one attached hydrogen (secondary N) is 1. The highest BCUT2D eigenvalue weighted by atomic mass is 16.3. The van der Waals surface area contributed by atoms with Gasteiger partial charge in [0.05, 0.1) is 5.69 Å². The van der Waals surface area contributed by atoms with Crippen molar-refractivity contribution in [2.75, 3.05) is 13.2 Å². The molecule has 1 unspecified atom stereocenters. The number of rotatable bonds is 7. The Labute approximate surface area is 142 Å². The van der Waals surface area contributed by atoms with Gasteiger partial charge in [-0.2, -0.15) is 0 Å². The lowest BCUT2D eigenvalue weighted by Gasteiger charge is -2.33. The zero-order valence-electron chi connectivity index (χ0n) is 14.0. The maximum absolute atomic E-state index is 12.1. The second kappa shape index (κ2) is 8.36. The molecule has 0 saturated carbocycles. The number of hydrogen-bond donors (Lipinski definition) is 2. The molecule has 126 valence electrons. The molecule has 5 nitrogen and oxygen atoms in total. The largest absolute Gasteiger partial charge is 0.396 e. The van der Waals surface area contributed by atoms with E-state index in [1.54, 1.807) is 18.3 Å². The normalized spacial score (nSPS) is 13.0. The number of nitrogens with zero attached hydrogens (tertiary/aromatic N) is 2. The maximum atomic E-state index is 12.1. The molecule has 0 fully saturated rings. The Balaban J connectivity index is 2.03. The third-order valence-electron chi connectivity index (χ3n) is 4.04. The summed E-state index contributed by atoms with van der Waals surface area (Å²) in [6.07, 6.45) is 6.16. The van der Waals surface area contributed by atoms with Crippen molar-refractivity contribution in [3.05, 3.63) is 66.3 Å². The molecule has 2 aromatic rings. The van der Waals surface area contributed by atoms with Gasteiger partial charge in [0.25, 0.3) is 0 Å². The average molecular weight is 325 g/mol. The van der Waals surface area contributed by atoms with Gasteiger partial charge in [0.1, 0.15) is 6.33 Å². The smallest absolute Gasteiger partial charge is 0.244 e. The van der Waals surface area contributed by atoms with Crippen LogP contribution in [-0.4, -0.2) is 34.1 Å². The standard InChI is InChI=1S/C19H23N3O2/c1-19(2,13-23)17(15-6-4-3-5-7-15)12-21-18(24)9-8-16-10-11-20-14-22-16/h3-11,14,17,23H,12-13H2,1-2H3,(H,21,24)/b9-8+. The highest BCUT2D eigenvalue weighted by Gasteiger charge is 2.30. The van der Waals surface area contributed by atoms with Crippen molar-refractivity contribution in [3.63, 3.8) is 0 Å². The zero-order chi connectivity index (χ0) is 17.4. The number of hydrogen-bond acceptors (Lipinski definition) is 4. The highest BCUT2D eigenvalue weighted by Crippen LogP contribution is 2.34. The first-order valence-electron chi connectivity index (χ1n) is 7.90. The van der Waals surface area contributed by atoms with E-state index in [9.17, 15) is 9.90 Å². The molecule has 2 rings (SSSR count). The van der Waals surface area contributed by atoms with E-state index < -0.39 is 0 Å². The summed E-state index contributed by atoms with van der Waals surface area (Å²) in [6, 6.07) is 11.6. The number of aromatic nitrogens is 2. The second-order valence-electron chi connectivity index (χ2n) is 6.32. The topological polar surface area (TPSA) is 75.1 Å². The fourth-order valence-electron chi connectivity index (χ4n) is 2.46. The Morgan fingerprint density at radius 1 is 1.29 bits per heavy atom. The summed E-state index contributed by atoms with van der Waals surface area (Å²) >= 11 is 0. The van der Waals surface area contributed by atoms with Crippen LogP contribution in [0.2, 0.25) is 0 Å². The molecule has 1 atom stereocenters. The van der Waals surface area contributed by atoms with Crippen molar-refractivity contribution >= 4 is 12.0 Å². The van der Waals surface area contributed by atoms with Gasteiger partial charge in [-0.3, -0.25) is 4.79 Å². The zero-order valence-corrected chi connectivity index (χ0v) is 14.0. The van der Waals surface area contributed by atoms with Gasteiger partial charge in [0.2, 0.25) is 5.91 Å². The summed E-state index contributed by atoms with van der Waals surface area (Å²) in [6.45, 7) is 4.48. The lowest BCUT2D eigenvalue weighted by atomic mass is 9.75. The Morgan fingerprint density at radius 2 is 2.04 bits per heavy atom. The van der Waals surface area contributed by atoms with Gasteiger partial charge in [-0.15, -0.1) is 0 Å². The van der Waals surface area contributed by atoms with E-state index >= 15 is 0 Å². The van der Waals surface area contributed by atoms with Gasteiger partial charge >= 0.3 is 0 Å². The van der Waals surface area contributed by atoms with E-state index in [1.165, 1.54) is 12.4 Å². The Kier molecular flexibility index (Phi) is 6.21. The minimum absolute atomic E-state index is 0.0140. The lowest BCUT2D eigenvalue weighted by Crippen LogP contribution is -2.36. The maximum Gasteiger partial charge on any atom is 0.244 e. The summed E-state index contributed by atoms with van der Waals surface area (Å²) in [4.78, 5) is 19.9. The SMILES string of the molecule is CC(C)(CO)C(CNC(=O)/C=C/c1ccncn1)c1ccccc1. The molecule has 0 aliphatic carbocycles. The van der Waals surface area contributed by atoms with Crippen LogP contribution < -0.4 is 5.32 Å². The predicted molar refractivity (Wildman–Crippen MR) is 94.1 cm³/mol. The first-order valence-corrected chi connectivity index (χ1v) is 7.90. The molecule has 0 aliphatic heterocycles. The molecule has 0 aliphatic rings. The number of aliphatic hydroxyl groups is 1. The van der Waals surface area contributed by atoms with E-state index in [1.807, 2.05) is 44.2 Å². The van der Waals surface area contributed by atoms with Crippen LogP contribution in [0.15, 0.2) is 55.0 Å². The molecule has 0 bridgehead atoms. The molecular formula is C19H23N3O2. The van der Waals surface area contributed by atoms with Crippen LogP contribution in [0.3, 0.4) is 0 Å². The van der Waals surface area contributed by atoms with Crippen molar-refractivity contribution in [1.29, 1.82) is 0 Å². The number of benzene rings is 1. The van der Waals surface area contributed by atoms with Crippen molar-refractivity contribution in [1.82, 2.24) is 15.3 Å². The monoisotopic (exact) mass is 325 g/mol. The summed E-state index contributed by atoms with van der Waals surface area (Å²) < 4.78 is 0. The van der Waals surface area contributed by atoms with Gasteiger partial charge < -0.3 is 10.4 Å². The summed E-state index contributed by atoms with van der Waals surface area (Å²) in [5.41, 5.74) is 1.43. The molecule has 1 aromatic heterocycles. The molecule has 1 heterocycles. The van der Waals surface area contributed by atoms with E-state index in [0.29, 0.717) is 12.2 Å². The van der Waals surface area contributed by atoms with Crippen LogP contribution >= 0.6 is 0 Å². The number of aliphatic hydroxyl groups excluding tert-OH is 1. The molecule has 0 saturated heterocycles. The first kappa shape index (κ1) is 17.8. The molecule has 0 radical (unpaired) electrons. The van der Waals surface area contributed by atoms with Crippen LogP contribution in [0.4, 0.5) is 0 Å². The van der Waals surface area contributed by atoms with E-state index in [-0.39, 0.29) is 23.8 Å². The summed E-state index contributed by atoms with van der Waals surface area (Å²) in [7, 11) is 0. The van der Waals surface area contributed by atoms with Crippen molar-refractivity contribution < 1.29 is 9.90 Å². The Bertz CT molecular complexity index is 670. The third kappa shape index (κ3) is 4.99. The summed E-state index contributed by atoms with van der Waals surface area (Å²) in [5, 5.41) is 12.6. The van der Waals surface area contributed by atoms with Gasteiger partial charge in [-0.05, 0) is 23.1 Å². The Morgan fingerprint density at radius 3 is 2.67 bits per heavy atom. The number of carbonyl (C=O) groups is 1. The molecule has 1 amide bonds. The van der Waals surface area contributed by atoms with Gasteiger partial charge in [0.15, 0.2) is 0 Å². The molecule has 2 N–H and O–H groups in total. The second-order valence-corrected chi connectivity index (χ2v) is 6.32. The fraction of sp³-hybridized carbons (Fsp3) is 0.316. The van der Waals surface area contributed by atoms with E-state index in [2.05, 4.69) is 15.3 Å². The average Bonchev–Trinajstić information content (AvgIpc) is 2.62. The third-order valence-corrected chi connectivity index (χ3v) is 4.04. The highest BCUT2D eigenvalue weighted by molar-refractivity contribution is 5.91. The van der Waals surface area contributed by atoms with Crippen LogP contribution in [0, 0.1) is 5.41 Å². The molecular weight excluding hydrogens is 302 g/mol. The van der Waals surface area contributed by atoms with Crippen molar-refractivity contribution in [2.45, 2.75) is 19.8 Å². The molecule has 0 spiro atoms. The van der Waals surface area contributed by atoms with Crippen LogP contribution in [0.5, 0.6) is 0 Å². The number of carbonyl (C=O) groups excluding carboxylic acids is 1. The minimum Gasteiger partial charge on any atom is -0.396 e. The van der Waals surface area contributed by atoms with Crippen LogP contribution in [0.1, 0.15) is 31.0 Å². The van der Waals surface area contributed by atoms with Crippen molar-refractivity contribution in [2.24, 2.45) is 5.41 Å². The van der Waals surface area contributed by atoms with Gasteiger partial charge in [0, 0.05) is 31.3 Å². The molecule has 1 aromatic carbocycles. The van der Waals surface area contributed by atoms with E-state index in [0.717, 1.165) is 5.56 Å². The van der Waals surface area contributed by atoms with Gasteiger partial charge in [-0.25, -0.2) is 9.97 Å². The summed E-state index contributed by atoms with van der Waals surface area (Å²) in [5.74, 6) is -0.177. The first-order chi connectivity index (χ1) is 11.5. The quantitative estimate of drug-likeness (QED) is 0.767. The Hall–Kier alpha value is -2.53. The predicted octanol–water partition coefficient (Wildman–Crippen LogP) is 2.41.